The second-order valence-electron chi connectivity index (χ2n) is 3.78. The first kappa shape index (κ1) is 10.8. The molecule has 1 N–H and O–H groups in total. The van der Waals surface area contributed by atoms with E-state index in [9.17, 15) is 9.18 Å². The fourth-order valence-electron chi connectivity index (χ4n) is 1.70. The molecule has 0 aliphatic heterocycles. The average Bonchev–Trinajstić information content (AvgIpc) is 2.29. The van der Waals surface area contributed by atoms with Gasteiger partial charge >= 0.3 is 0 Å². The zero-order valence-corrected chi connectivity index (χ0v) is 8.87. The zero-order chi connectivity index (χ0) is 11.4. The summed E-state index contributed by atoms with van der Waals surface area (Å²) in [5.41, 5.74) is 2.07. The molecule has 0 aromatic carbocycles. The second kappa shape index (κ2) is 4.88. The van der Waals surface area contributed by atoms with Crippen molar-refractivity contribution in [3.8, 4) is 0 Å². The van der Waals surface area contributed by atoms with Gasteiger partial charge in [-0.3, -0.25) is 9.78 Å². The van der Waals surface area contributed by atoms with Gasteiger partial charge in [0, 0.05) is 30.1 Å². The van der Waals surface area contributed by atoms with Crippen LogP contribution < -0.4 is 5.32 Å². The van der Waals surface area contributed by atoms with E-state index in [0.29, 0.717) is 12.1 Å². The smallest absolute Gasteiger partial charge is 0.157 e. The molecule has 0 unspecified atom stereocenters. The van der Waals surface area contributed by atoms with Crippen LogP contribution in [0, 0.1) is 0 Å². The highest BCUT2D eigenvalue weighted by atomic mass is 19.1. The molecule has 1 aromatic rings. The number of carbonyl (C=O) groups is 1. The number of pyridine rings is 1. The molecule has 1 heterocycles. The minimum atomic E-state index is -0.576. The lowest BCUT2D eigenvalue weighted by atomic mass is 10.0. The Labute approximate surface area is 93.4 Å². The fourth-order valence-corrected chi connectivity index (χ4v) is 1.70. The maximum atomic E-state index is 12.4. The van der Waals surface area contributed by atoms with Gasteiger partial charge in [-0.2, -0.15) is 0 Å². The molecule has 1 aliphatic carbocycles. The second-order valence-corrected chi connectivity index (χ2v) is 3.78. The summed E-state index contributed by atoms with van der Waals surface area (Å²) in [6, 6.07) is 3.42. The molecular formula is C12H13FN2O. The SMILES string of the molecule is O=C1C=C(Nc2ccnc(CF)c2)CCC1. The average molecular weight is 220 g/mol. The number of anilines is 1. The number of carbonyl (C=O) groups excluding carboxylic acids is 1. The Bertz CT molecular complexity index is 429. The Morgan fingerprint density at radius 2 is 2.31 bits per heavy atom. The Morgan fingerprint density at radius 3 is 3.06 bits per heavy atom. The van der Waals surface area contributed by atoms with E-state index in [1.807, 2.05) is 0 Å². The van der Waals surface area contributed by atoms with Crippen molar-refractivity contribution < 1.29 is 9.18 Å². The largest absolute Gasteiger partial charge is 0.359 e. The van der Waals surface area contributed by atoms with Crippen molar-refractivity contribution in [1.82, 2.24) is 4.98 Å². The van der Waals surface area contributed by atoms with Crippen LogP contribution >= 0.6 is 0 Å². The lowest BCUT2D eigenvalue weighted by Gasteiger charge is -2.14. The number of halogens is 1. The molecule has 16 heavy (non-hydrogen) atoms. The number of nitrogens with one attached hydrogen (secondary N) is 1. The highest BCUT2D eigenvalue weighted by Gasteiger charge is 2.09. The van der Waals surface area contributed by atoms with Gasteiger partial charge in [-0.05, 0) is 25.0 Å². The quantitative estimate of drug-likeness (QED) is 0.851. The maximum Gasteiger partial charge on any atom is 0.157 e. The van der Waals surface area contributed by atoms with Gasteiger partial charge in [0.25, 0.3) is 0 Å². The molecule has 0 bridgehead atoms. The first-order valence-corrected chi connectivity index (χ1v) is 5.29. The van der Waals surface area contributed by atoms with Crippen LogP contribution in [0.5, 0.6) is 0 Å². The number of rotatable bonds is 3. The number of ketones is 1. The van der Waals surface area contributed by atoms with Gasteiger partial charge in [-0.15, -0.1) is 0 Å². The van der Waals surface area contributed by atoms with E-state index in [1.54, 1.807) is 24.4 Å². The molecule has 0 saturated carbocycles. The summed E-state index contributed by atoms with van der Waals surface area (Å²) in [7, 11) is 0. The lowest BCUT2D eigenvalue weighted by molar-refractivity contribution is -0.115. The monoisotopic (exact) mass is 220 g/mol. The summed E-state index contributed by atoms with van der Waals surface area (Å²) in [5.74, 6) is 0.147. The number of hydrogen-bond acceptors (Lipinski definition) is 3. The van der Waals surface area contributed by atoms with E-state index >= 15 is 0 Å². The zero-order valence-electron chi connectivity index (χ0n) is 8.87. The third-order valence-electron chi connectivity index (χ3n) is 2.46. The van der Waals surface area contributed by atoms with Crippen LogP contribution in [0.4, 0.5) is 10.1 Å². The molecule has 0 saturated heterocycles. The normalized spacial score (nSPS) is 15.8. The molecule has 84 valence electrons. The summed E-state index contributed by atoms with van der Waals surface area (Å²) in [6.07, 6.45) is 5.54. The fraction of sp³-hybridized carbons (Fsp3) is 0.333. The molecule has 0 amide bonds. The van der Waals surface area contributed by atoms with Crippen molar-refractivity contribution in [2.45, 2.75) is 25.9 Å². The minimum absolute atomic E-state index is 0.147. The van der Waals surface area contributed by atoms with E-state index < -0.39 is 6.67 Å². The summed E-state index contributed by atoms with van der Waals surface area (Å²) in [5, 5.41) is 3.12. The van der Waals surface area contributed by atoms with Crippen molar-refractivity contribution >= 4 is 11.5 Å². The summed E-state index contributed by atoms with van der Waals surface area (Å²) < 4.78 is 12.4. The van der Waals surface area contributed by atoms with E-state index in [2.05, 4.69) is 10.3 Å². The van der Waals surface area contributed by atoms with Crippen LogP contribution in [0.3, 0.4) is 0 Å². The topological polar surface area (TPSA) is 42.0 Å². The van der Waals surface area contributed by atoms with Crippen molar-refractivity contribution in [3.63, 3.8) is 0 Å². The van der Waals surface area contributed by atoms with Crippen LogP contribution in [-0.2, 0) is 11.5 Å². The summed E-state index contributed by atoms with van der Waals surface area (Å²) in [6.45, 7) is -0.576. The number of nitrogens with zero attached hydrogens (tertiary/aromatic N) is 1. The third-order valence-corrected chi connectivity index (χ3v) is 2.46. The first-order chi connectivity index (χ1) is 7.78. The number of aromatic nitrogens is 1. The van der Waals surface area contributed by atoms with Gasteiger partial charge in [-0.25, -0.2) is 4.39 Å². The molecule has 1 aromatic heterocycles. The standard InChI is InChI=1S/C12H13FN2O/c13-8-11-6-10(4-5-14-11)15-9-2-1-3-12(16)7-9/h4-7H,1-3,8H2,(H,14,15). The predicted octanol–water partition coefficient (Wildman–Crippen LogP) is 2.60. The molecule has 0 fully saturated rings. The lowest BCUT2D eigenvalue weighted by Crippen LogP contribution is -2.09. The van der Waals surface area contributed by atoms with Gasteiger partial charge in [0.1, 0.15) is 6.67 Å². The Hall–Kier alpha value is -1.71. The van der Waals surface area contributed by atoms with Gasteiger partial charge < -0.3 is 5.32 Å². The Kier molecular flexibility index (Phi) is 3.29. The first-order valence-electron chi connectivity index (χ1n) is 5.29. The van der Waals surface area contributed by atoms with Crippen LogP contribution in [0.1, 0.15) is 25.0 Å². The molecule has 0 spiro atoms. The molecule has 0 atom stereocenters. The molecule has 3 nitrogen and oxygen atoms in total. The molecule has 2 rings (SSSR count). The maximum absolute atomic E-state index is 12.4. The van der Waals surface area contributed by atoms with E-state index in [-0.39, 0.29) is 5.78 Å². The Morgan fingerprint density at radius 1 is 1.44 bits per heavy atom. The predicted molar refractivity (Wildman–Crippen MR) is 59.6 cm³/mol. The van der Waals surface area contributed by atoms with Crippen LogP contribution in [-0.4, -0.2) is 10.8 Å². The van der Waals surface area contributed by atoms with E-state index in [0.717, 1.165) is 24.2 Å². The highest BCUT2D eigenvalue weighted by Crippen LogP contribution is 2.18. The van der Waals surface area contributed by atoms with Gasteiger partial charge in [-0.1, -0.05) is 0 Å². The number of alkyl halides is 1. The number of hydrogen-bond donors (Lipinski definition) is 1. The van der Waals surface area contributed by atoms with E-state index in [1.165, 1.54) is 0 Å². The molecule has 0 radical (unpaired) electrons. The van der Waals surface area contributed by atoms with Crippen molar-refractivity contribution in [2.24, 2.45) is 0 Å². The van der Waals surface area contributed by atoms with Gasteiger partial charge in [0.15, 0.2) is 5.78 Å². The van der Waals surface area contributed by atoms with Crippen molar-refractivity contribution in [2.75, 3.05) is 5.32 Å². The summed E-state index contributed by atoms with van der Waals surface area (Å²) >= 11 is 0. The molecule has 4 heteroatoms. The van der Waals surface area contributed by atoms with Crippen molar-refractivity contribution in [1.29, 1.82) is 0 Å². The summed E-state index contributed by atoms with van der Waals surface area (Å²) in [4.78, 5) is 15.1. The van der Waals surface area contributed by atoms with Gasteiger partial charge in [0.2, 0.25) is 0 Å². The van der Waals surface area contributed by atoms with Crippen LogP contribution in [0.15, 0.2) is 30.1 Å². The molecular weight excluding hydrogens is 207 g/mol. The number of allylic oxidation sites excluding steroid dienone is 2. The van der Waals surface area contributed by atoms with Crippen LogP contribution in [0.2, 0.25) is 0 Å². The minimum Gasteiger partial charge on any atom is -0.359 e. The highest BCUT2D eigenvalue weighted by molar-refractivity contribution is 5.91. The molecule has 1 aliphatic rings. The van der Waals surface area contributed by atoms with Crippen molar-refractivity contribution in [3.05, 3.63) is 35.8 Å². The third kappa shape index (κ3) is 2.66. The van der Waals surface area contributed by atoms with Crippen LogP contribution in [0.25, 0.3) is 0 Å². The van der Waals surface area contributed by atoms with E-state index in [4.69, 9.17) is 0 Å². The Balaban J connectivity index is 2.11. The van der Waals surface area contributed by atoms with Gasteiger partial charge in [0.05, 0.1) is 5.69 Å².